The van der Waals surface area contributed by atoms with Crippen LogP contribution in [0, 0.1) is 0 Å². The van der Waals surface area contributed by atoms with Crippen LogP contribution >= 0.6 is 0 Å². The summed E-state index contributed by atoms with van der Waals surface area (Å²) in [5, 5.41) is 2.84. The third-order valence-corrected chi connectivity index (χ3v) is 5.57. The van der Waals surface area contributed by atoms with E-state index in [0.29, 0.717) is 0 Å². The molecule has 3 heteroatoms. The fourth-order valence-corrected chi connectivity index (χ4v) is 4.26. The van der Waals surface area contributed by atoms with E-state index in [-0.39, 0.29) is 11.9 Å². The van der Waals surface area contributed by atoms with Gasteiger partial charge in [-0.05, 0) is 23.1 Å². The lowest BCUT2D eigenvalue weighted by molar-refractivity contribution is -0.133. The summed E-state index contributed by atoms with van der Waals surface area (Å²) in [6, 6.07) is 31.4. The minimum absolute atomic E-state index is 0.0772. The molecule has 1 fully saturated rings. The first-order valence-electron chi connectivity index (χ1n) is 9.43. The maximum Gasteiger partial charge on any atom is 0.237 e. The predicted octanol–water partition coefficient (Wildman–Crippen LogP) is 3.80. The molecule has 3 aromatic carbocycles. The minimum Gasteiger partial charge on any atom is -0.358 e. The van der Waals surface area contributed by atoms with Crippen LogP contribution in [0.15, 0.2) is 91.0 Å². The molecule has 0 radical (unpaired) electrons. The lowest BCUT2D eigenvalue weighted by Gasteiger charge is -2.54. The molecule has 3 aromatic rings. The maximum absolute atomic E-state index is 12.6. The molecule has 0 spiro atoms. The Morgan fingerprint density at radius 2 is 1.22 bits per heavy atom. The Bertz CT molecular complexity index is 797. The van der Waals surface area contributed by atoms with E-state index < -0.39 is 5.54 Å². The highest BCUT2D eigenvalue weighted by Gasteiger charge is 2.50. The number of hydrogen-bond acceptors (Lipinski definition) is 2. The molecule has 0 bridgehead atoms. The first-order valence-corrected chi connectivity index (χ1v) is 9.43. The van der Waals surface area contributed by atoms with Gasteiger partial charge in [0.1, 0.15) is 0 Å². The van der Waals surface area contributed by atoms with Crippen molar-refractivity contribution < 1.29 is 4.79 Å². The largest absolute Gasteiger partial charge is 0.358 e. The van der Waals surface area contributed by atoms with Gasteiger partial charge in [0.25, 0.3) is 0 Å². The second kappa shape index (κ2) is 7.37. The van der Waals surface area contributed by atoms with Crippen LogP contribution in [0.4, 0.5) is 0 Å². The van der Waals surface area contributed by atoms with E-state index in [9.17, 15) is 4.79 Å². The molecule has 1 heterocycles. The molecule has 1 aliphatic rings. The summed E-state index contributed by atoms with van der Waals surface area (Å²) in [6.45, 7) is 0.872. The van der Waals surface area contributed by atoms with E-state index in [1.54, 1.807) is 7.05 Å². The van der Waals surface area contributed by atoms with E-state index in [1.807, 2.05) is 18.2 Å². The van der Waals surface area contributed by atoms with Crippen LogP contribution in [0.2, 0.25) is 0 Å². The maximum atomic E-state index is 12.6. The average molecular weight is 356 g/mol. The van der Waals surface area contributed by atoms with Gasteiger partial charge in [-0.15, -0.1) is 0 Å². The Morgan fingerprint density at radius 1 is 0.815 bits per heavy atom. The third-order valence-electron chi connectivity index (χ3n) is 5.57. The van der Waals surface area contributed by atoms with Crippen molar-refractivity contribution in [3.63, 3.8) is 0 Å². The number of nitrogens with zero attached hydrogens (tertiary/aromatic N) is 1. The highest BCUT2D eigenvalue weighted by Crippen LogP contribution is 2.46. The van der Waals surface area contributed by atoms with Crippen LogP contribution in [-0.4, -0.2) is 30.4 Å². The van der Waals surface area contributed by atoms with Crippen LogP contribution in [0.25, 0.3) is 0 Å². The summed E-state index contributed by atoms with van der Waals surface area (Å²) in [4.78, 5) is 14.9. The van der Waals surface area contributed by atoms with Gasteiger partial charge in [0, 0.05) is 13.6 Å². The summed E-state index contributed by atoms with van der Waals surface area (Å²) in [7, 11) is 1.72. The molecule has 0 saturated carbocycles. The molecule has 1 atom stereocenters. The molecular weight excluding hydrogens is 332 g/mol. The third kappa shape index (κ3) is 2.84. The first-order chi connectivity index (χ1) is 13.3. The Hall–Kier alpha value is -2.91. The molecule has 1 N–H and O–H groups in total. The first kappa shape index (κ1) is 17.5. The van der Waals surface area contributed by atoms with Crippen molar-refractivity contribution in [2.24, 2.45) is 0 Å². The SMILES string of the molecule is CNC(=O)C1CCN1C(c1ccccc1)(c1ccccc1)c1ccccc1. The number of benzene rings is 3. The van der Waals surface area contributed by atoms with Gasteiger partial charge >= 0.3 is 0 Å². The van der Waals surface area contributed by atoms with Crippen molar-refractivity contribution in [3.8, 4) is 0 Å². The van der Waals surface area contributed by atoms with Crippen LogP contribution in [-0.2, 0) is 10.3 Å². The zero-order valence-corrected chi connectivity index (χ0v) is 15.5. The van der Waals surface area contributed by atoms with E-state index in [0.717, 1.165) is 13.0 Å². The van der Waals surface area contributed by atoms with Crippen molar-refractivity contribution in [2.75, 3.05) is 13.6 Å². The normalized spacial score (nSPS) is 17.1. The summed E-state index contributed by atoms with van der Waals surface area (Å²) < 4.78 is 0. The van der Waals surface area contributed by atoms with Crippen LogP contribution in [0.5, 0.6) is 0 Å². The van der Waals surface area contributed by atoms with Crippen LogP contribution in [0.3, 0.4) is 0 Å². The summed E-state index contributed by atoms with van der Waals surface area (Å²) in [5.41, 5.74) is 3.03. The smallest absolute Gasteiger partial charge is 0.237 e. The number of nitrogens with one attached hydrogen (secondary N) is 1. The van der Waals surface area contributed by atoms with Crippen LogP contribution in [0.1, 0.15) is 23.1 Å². The number of amides is 1. The molecule has 1 saturated heterocycles. The molecule has 0 aromatic heterocycles. The molecule has 1 unspecified atom stereocenters. The second-order valence-corrected chi connectivity index (χ2v) is 6.92. The molecule has 1 amide bonds. The van der Waals surface area contributed by atoms with E-state index in [2.05, 4.69) is 83.0 Å². The highest BCUT2D eigenvalue weighted by molar-refractivity contribution is 5.83. The predicted molar refractivity (Wildman–Crippen MR) is 108 cm³/mol. The molecule has 27 heavy (non-hydrogen) atoms. The zero-order chi connectivity index (χ0) is 18.7. The Morgan fingerprint density at radius 3 is 1.52 bits per heavy atom. The monoisotopic (exact) mass is 356 g/mol. The van der Waals surface area contributed by atoms with Crippen molar-refractivity contribution in [2.45, 2.75) is 18.0 Å². The minimum atomic E-state index is -0.501. The molecule has 1 aliphatic heterocycles. The lowest BCUT2D eigenvalue weighted by atomic mass is 9.72. The Labute approximate surface area is 160 Å². The quantitative estimate of drug-likeness (QED) is 0.705. The second-order valence-electron chi connectivity index (χ2n) is 6.92. The number of carbonyl (C=O) groups is 1. The van der Waals surface area contributed by atoms with Crippen molar-refractivity contribution >= 4 is 5.91 Å². The molecule has 0 aliphatic carbocycles. The highest BCUT2D eigenvalue weighted by atomic mass is 16.2. The van der Waals surface area contributed by atoms with Gasteiger partial charge in [0.15, 0.2) is 0 Å². The van der Waals surface area contributed by atoms with Crippen molar-refractivity contribution in [1.82, 2.24) is 10.2 Å². The zero-order valence-electron chi connectivity index (χ0n) is 15.5. The number of likely N-dealkylation sites (N-methyl/N-ethyl adjacent to an activating group) is 1. The standard InChI is InChI=1S/C24H24N2O/c1-25-23(27)22-17-18-26(22)24(19-11-5-2-6-12-19,20-13-7-3-8-14-20)21-15-9-4-10-16-21/h2-16,22H,17-18H2,1H3,(H,25,27). The van der Waals surface area contributed by atoms with Crippen molar-refractivity contribution in [3.05, 3.63) is 108 Å². The number of hydrogen-bond donors (Lipinski definition) is 1. The summed E-state index contributed by atoms with van der Waals surface area (Å²) >= 11 is 0. The van der Waals surface area contributed by atoms with Gasteiger partial charge in [-0.1, -0.05) is 91.0 Å². The van der Waals surface area contributed by atoms with Crippen molar-refractivity contribution in [1.29, 1.82) is 0 Å². The summed E-state index contributed by atoms with van der Waals surface area (Å²) in [5.74, 6) is 0.0772. The number of likely N-dealkylation sites (tertiary alicyclic amines) is 1. The van der Waals surface area contributed by atoms with Gasteiger partial charge in [0.2, 0.25) is 5.91 Å². The molecular formula is C24H24N2O. The van der Waals surface area contributed by atoms with Gasteiger partial charge in [-0.25, -0.2) is 0 Å². The topological polar surface area (TPSA) is 32.3 Å². The Kier molecular flexibility index (Phi) is 4.78. The fourth-order valence-electron chi connectivity index (χ4n) is 4.26. The van der Waals surface area contributed by atoms with Gasteiger partial charge in [-0.3, -0.25) is 9.69 Å². The number of carbonyl (C=O) groups excluding carboxylic acids is 1. The molecule has 4 rings (SSSR count). The fraction of sp³-hybridized carbons (Fsp3) is 0.208. The van der Waals surface area contributed by atoms with Gasteiger partial charge in [0.05, 0.1) is 11.6 Å². The van der Waals surface area contributed by atoms with E-state index in [4.69, 9.17) is 0 Å². The van der Waals surface area contributed by atoms with Crippen LogP contribution < -0.4 is 5.32 Å². The van der Waals surface area contributed by atoms with Gasteiger partial charge in [-0.2, -0.15) is 0 Å². The average Bonchev–Trinajstić information content (AvgIpc) is 2.72. The van der Waals surface area contributed by atoms with Gasteiger partial charge < -0.3 is 5.32 Å². The van der Waals surface area contributed by atoms with E-state index in [1.165, 1.54) is 16.7 Å². The molecule has 3 nitrogen and oxygen atoms in total. The number of rotatable bonds is 5. The van der Waals surface area contributed by atoms with E-state index >= 15 is 0 Å². The lowest BCUT2D eigenvalue weighted by Crippen LogP contribution is -2.64. The summed E-state index contributed by atoms with van der Waals surface area (Å²) in [6.07, 6.45) is 0.869. The Balaban J connectivity index is 2.00. The molecule has 136 valence electrons.